The van der Waals surface area contributed by atoms with Crippen LogP contribution in [0.15, 0.2) is 0 Å². The summed E-state index contributed by atoms with van der Waals surface area (Å²) in [4.78, 5) is 0. The van der Waals surface area contributed by atoms with E-state index in [4.69, 9.17) is 0 Å². The maximum Gasteiger partial charge on any atom is -1.00 e. The molecule has 0 aromatic carbocycles. The number of hydrogen-bond acceptors (Lipinski definition) is 0. The van der Waals surface area contributed by atoms with Crippen LogP contribution in [0.1, 0.15) is 0 Å². The number of halogens is 2. The molecule has 0 radical (unpaired) electrons. The fourth-order valence-electron chi connectivity index (χ4n) is 0.779. The van der Waals surface area contributed by atoms with Gasteiger partial charge >= 0.3 is 89.9 Å². The van der Waals surface area contributed by atoms with Crippen LogP contribution in [0.2, 0.25) is 10.6 Å². The molecule has 0 aliphatic rings. The molecule has 0 rings (SSSR count). The van der Waals surface area contributed by atoms with E-state index >= 15 is 0 Å². The molecule has 15 heavy (non-hydrogen) atoms. The second-order valence-electron chi connectivity index (χ2n) is 5.64. The molecule has 0 unspecified atom stereocenters. The number of nitrogens with zero attached hydrogens (tertiary/aromatic N) is 2. The maximum absolute atomic E-state index is 2.27. The molecule has 0 heterocycles. The predicted molar refractivity (Wildman–Crippen MR) is 61.2 cm³/mol. The molecule has 0 aromatic heterocycles. The van der Waals surface area contributed by atoms with Crippen LogP contribution in [0.3, 0.4) is 0 Å². The molecule has 5 heteroatoms. The van der Waals surface area contributed by atoms with Gasteiger partial charge in [-0.25, -0.2) is 0 Å². The molecular formula is C10H26I2N2Se. The van der Waals surface area contributed by atoms with E-state index in [-0.39, 0.29) is 48.0 Å². The molecule has 0 fully saturated rings. The quantitative estimate of drug-likeness (QED) is 0.148. The third-order valence-corrected chi connectivity index (χ3v) is 3.79. The van der Waals surface area contributed by atoms with E-state index in [1.807, 2.05) is 0 Å². The molecule has 0 saturated heterocycles. The Labute approximate surface area is 137 Å². The Morgan fingerprint density at radius 1 is 0.667 bits per heavy atom. The van der Waals surface area contributed by atoms with Gasteiger partial charge in [-0.15, -0.1) is 0 Å². The normalized spacial score (nSPS) is 11.6. The van der Waals surface area contributed by atoms with Gasteiger partial charge in [-0.2, -0.15) is 0 Å². The van der Waals surface area contributed by atoms with E-state index in [0.717, 1.165) is 23.9 Å². The first-order valence-electron chi connectivity index (χ1n) is 4.89. The Hall–Kier alpha value is 1.90. The van der Waals surface area contributed by atoms with Gasteiger partial charge in [0.05, 0.1) is 0 Å². The van der Waals surface area contributed by atoms with Gasteiger partial charge in [0.1, 0.15) is 0 Å². The molecule has 0 amide bonds. The van der Waals surface area contributed by atoms with Gasteiger partial charge in [0.25, 0.3) is 0 Å². The summed E-state index contributed by atoms with van der Waals surface area (Å²) < 4.78 is 2.23. The van der Waals surface area contributed by atoms with Gasteiger partial charge in [-0.3, -0.25) is 0 Å². The van der Waals surface area contributed by atoms with Gasteiger partial charge in [-0.05, 0) is 0 Å². The van der Waals surface area contributed by atoms with Gasteiger partial charge in [-0.1, -0.05) is 0 Å². The maximum atomic E-state index is 2.27. The fraction of sp³-hybridized carbons (Fsp3) is 1.00. The van der Waals surface area contributed by atoms with Crippen molar-refractivity contribution in [2.45, 2.75) is 10.6 Å². The molecule has 0 bridgehead atoms. The van der Waals surface area contributed by atoms with E-state index < -0.39 is 0 Å². The van der Waals surface area contributed by atoms with Crippen molar-refractivity contribution in [3.63, 3.8) is 0 Å². The summed E-state index contributed by atoms with van der Waals surface area (Å²) in [6.07, 6.45) is 0. The fourth-order valence-corrected chi connectivity index (χ4v) is 4.05. The molecule has 0 spiro atoms. The first kappa shape index (κ1) is 22.1. The van der Waals surface area contributed by atoms with Crippen molar-refractivity contribution in [1.29, 1.82) is 0 Å². The Morgan fingerprint density at radius 3 is 1.13 bits per heavy atom. The minimum atomic E-state index is 0. The zero-order valence-corrected chi connectivity index (χ0v) is 16.9. The van der Waals surface area contributed by atoms with Gasteiger partial charge in [0.15, 0.2) is 0 Å². The molecule has 0 saturated carbocycles. The van der Waals surface area contributed by atoms with Crippen molar-refractivity contribution in [2.24, 2.45) is 0 Å². The predicted octanol–water partition coefficient (Wildman–Crippen LogP) is -5.05. The van der Waals surface area contributed by atoms with Crippen LogP contribution < -0.4 is 48.0 Å². The zero-order chi connectivity index (χ0) is 10.5. The Bertz CT molecular complexity index is 125. The third-order valence-electron chi connectivity index (χ3n) is 1.81. The van der Waals surface area contributed by atoms with E-state index in [9.17, 15) is 0 Å². The largest absolute Gasteiger partial charge is 1.00 e. The van der Waals surface area contributed by atoms with Crippen molar-refractivity contribution < 1.29 is 56.9 Å². The summed E-state index contributed by atoms with van der Waals surface area (Å²) >= 11 is 0.858. The first-order valence-corrected chi connectivity index (χ1v) is 7.32. The van der Waals surface area contributed by atoms with Crippen LogP contribution in [0, 0.1) is 0 Å². The van der Waals surface area contributed by atoms with E-state index in [1.165, 1.54) is 23.7 Å². The average molecular weight is 503 g/mol. The summed E-state index contributed by atoms with van der Waals surface area (Å²) in [5.41, 5.74) is 0. The Kier molecular flexibility index (Phi) is 14.6. The first-order chi connectivity index (χ1) is 5.71. The second-order valence-corrected chi connectivity index (χ2v) is 8.21. The van der Waals surface area contributed by atoms with Crippen LogP contribution >= 0.6 is 0 Å². The summed E-state index contributed by atoms with van der Waals surface area (Å²) in [5, 5.41) is 2.85. The van der Waals surface area contributed by atoms with Crippen molar-refractivity contribution in [2.75, 3.05) is 55.4 Å². The minimum Gasteiger partial charge on any atom is -1.00 e. The van der Waals surface area contributed by atoms with E-state index in [1.54, 1.807) is 0 Å². The summed E-state index contributed by atoms with van der Waals surface area (Å²) in [6, 6.07) is 0. The van der Waals surface area contributed by atoms with Crippen LogP contribution in [0.25, 0.3) is 0 Å². The van der Waals surface area contributed by atoms with Crippen molar-refractivity contribution in [3.05, 3.63) is 0 Å². The van der Waals surface area contributed by atoms with E-state index in [0.29, 0.717) is 0 Å². The smallest absolute Gasteiger partial charge is 1.00 e. The Morgan fingerprint density at radius 2 is 0.933 bits per heavy atom. The third kappa shape index (κ3) is 21.7. The standard InChI is InChI=1S/C10H26N2Se.2HI/c1-11(2,3)7-9-13-10-8-12(4,5)6;;/h7-10H2,1-6H3;2*1H/q+2;;/p-2/i13-4;;. The molecule has 96 valence electrons. The van der Waals surface area contributed by atoms with Crippen LogP contribution in [-0.2, 0) is 0 Å². The molecule has 0 aliphatic heterocycles. The average Bonchev–Trinajstić information content (AvgIpc) is 1.81. The molecule has 0 atom stereocenters. The van der Waals surface area contributed by atoms with Gasteiger partial charge in [0, 0.05) is 0 Å². The number of hydrogen-bond donors (Lipinski definition) is 0. The second kappa shape index (κ2) is 9.88. The molecular weight excluding hydrogens is 477 g/mol. The molecule has 0 N–H and O–H groups in total. The molecule has 0 aromatic rings. The van der Waals surface area contributed by atoms with Crippen molar-refractivity contribution in [1.82, 2.24) is 0 Å². The molecule has 2 nitrogen and oxygen atoms in total. The van der Waals surface area contributed by atoms with Gasteiger partial charge in [0.2, 0.25) is 0 Å². The zero-order valence-electron chi connectivity index (χ0n) is 10.9. The van der Waals surface area contributed by atoms with Crippen LogP contribution in [0.5, 0.6) is 0 Å². The number of rotatable bonds is 6. The van der Waals surface area contributed by atoms with Crippen molar-refractivity contribution >= 4 is 15.0 Å². The summed E-state index contributed by atoms with van der Waals surface area (Å²) in [5.74, 6) is 0. The number of quaternary nitrogens is 2. The van der Waals surface area contributed by atoms with Crippen LogP contribution in [0.4, 0.5) is 0 Å². The van der Waals surface area contributed by atoms with Crippen molar-refractivity contribution in [3.8, 4) is 0 Å². The van der Waals surface area contributed by atoms with Gasteiger partial charge < -0.3 is 48.0 Å². The van der Waals surface area contributed by atoms with Crippen LogP contribution in [-0.4, -0.2) is 79.3 Å². The Balaban J connectivity index is -0.000000720. The summed E-state index contributed by atoms with van der Waals surface area (Å²) in [6.45, 7) is 2.66. The topological polar surface area (TPSA) is 0 Å². The molecule has 0 aliphatic carbocycles. The minimum absolute atomic E-state index is 0. The SMILES string of the molecule is C[N+](C)(C)CC[75Se]CC[N+](C)(C)C.[I-].[I-]. The summed E-state index contributed by atoms with van der Waals surface area (Å²) in [7, 11) is 13.6. The monoisotopic (exact) mass is 503 g/mol. The van der Waals surface area contributed by atoms with E-state index in [2.05, 4.69) is 42.3 Å².